The van der Waals surface area contributed by atoms with Crippen LogP contribution in [-0.4, -0.2) is 26.6 Å². The molecule has 22 heavy (non-hydrogen) atoms. The first-order valence-electron chi connectivity index (χ1n) is 6.07. The Kier molecular flexibility index (Phi) is 4.54. The maximum Gasteiger partial charge on any atom is 0.418 e. The minimum atomic E-state index is -4.79. The Morgan fingerprint density at radius 3 is 2.50 bits per heavy atom. The average molecular weight is 404 g/mol. The van der Waals surface area contributed by atoms with Crippen LogP contribution in [0.3, 0.4) is 0 Å². The zero-order valence-corrected chi connectivity index (χ0v) is 13.3. The van der Waals surface area contributed by atoms with Crippen molar-refractivity contribution in [1.29, 1.82) is 0 Å². The van der Waals surface area contributed by atoms with Crippen LogP contribution in [0.25, 0.3) is 0 Å². The number of anilines is 1. The normalized spacial score (nSPS) is 19.8. The molecule has 1 aromatic carbocycles. The van der Waals surface area contributed by atoms with Gasteiger partial charge in [-0.15, -0.1) is 3.89 Å². The minimum absolute atomic E-state index is 0.193. The second-order valence-corrected chi connectivity index (χ2v) is 7.27. The number of benzene rings is 1. The summed E-state index contributed by atoms with van der Waals surface area (Å²) in [5.74, 6) is -2.42. The zero-order valence-electron chi connectivity index (χ0n) is 10.9. The van der Waals surface area contributed by atoms with Crippen LogP contribution in [0.15, 0.2) is 22.7 Å². The number of hydrogen-bond acceptors (Lipinski definition) is 3. The van der Waals surface area contributed by atoms with E-state index in [0.29, 0.717) is 0 Å². The monoisotopic (exact) mass is 403 g/mol. The van der Waals surface area contributed by atoms with Crippen LogP contribution in [0.1, 0.15) is 12.0 Å². The van der Waals surface area contributed by atoms with E-state index in [9.17, 15) is 30.3 Å². The number of alkyl halides is 3. The van der Waals surface area contributed by atoms with E-state index in [2.05, 4.69) is 15.9 Å². The van der Waals surface area contributed by atoms with Crippen LogP contribution < -0.4 is 4.90 Å². The summed E-state index contributed by atoms with van der Waals surface area (Å²) >= 11 is 2.93. The molecule has 10 heteroatoms. The summed E-state index contributed by atoms with van der Waals surface area (Å²) in [6.07, 6.45) is -4.99. The zero-order chi connectivity index (χ0) is 16.7. The summed E-state index contributed by atoms with van der Waals surface area (Å²) in [4.78, 5) is 12.7. The molecule has 1 aliphatic rings. The van der Waals surface area contributed by atoms with Crippen LogP contribution in [0, 0.1) is 5.92 Å². The van der Waals surface area contributed by atoms with Gasteiger partial charge in [-0.2, -0.15) is 21.6 Å². The predicted molar refractivity (Wildman–Crippen MR) is 74.5 cm³/mol. The number of rotatable bonds is 3. The smallest absolute Gasteiger partial charge is 0.311 e. The minimum Gasteiger partial charge on any atom is -0.311 e. The molecule has 1 aliphatic heterocycles. The molecule has 1 aromatic rings. The molecule has 1 amide bonds. The molecule has 0 aromatic heterocycles. The highest BCUT2D eigenvalue weighted by atomic mass is 79.9. The second-order valence-electron chi connectivity index (χ2n) is 4.94. The molecule has 1 heterocycles. The number of carbonyl (C=O) groups is 1. The number of amides is 1. The summed E-state index contributed by atoms with van der Waals surface area (Å²) < 4.78 is 73.3. The van der Waals surface area contributed by atoms with Crippen LogP contribution in [0.5, 0.6) is 0 Å². The third-order valence-electron chi connectivity index (χ3n) is 3.19. The van der Waals surface area contributed by atoms with E-state index in [1.807, 2.05) is 0 Å². The predicted octanol–water partition coefficient (Wildman–Crippen LogP) is 3.12. The van der Waals surface area contributed by atoms with Gasteiger partial charge in [-0.1, -0.05) is 15.9 Å². The molecule has 0 N–H and O–H groups in total. The third kappa shape index (κ3) is 3.97. The van der Waals surface area contributed by atoms with Gasteiger partial charge in [-0.25, -0.2) is 0 Å². The van der Waals surface area contributed by atoms with E-state index in [1.165, 1.54) is 6.07 Å². The number of halogens is 5. The maximum atomic E-state index is 13.1. The van der Waals surface area contributed by atoms with E-state index < -0.39 is 39.5 Å². The maximum absolute atomic E-state index is 13.1. The Bertz CT molecular complexity index is 705. The third-order valence-corrected chi connectivity index (χ3v) is 4.56. The SMILES string of the molecule is O=C1CC(CS(=O)(=O)F)CN1c1ccc(Br)cc1C(F)(F)F. The lowest BCUT2D eigenvalue weighted by atomic mass is 10.1. The van der Waals surface area contributed by atoms with Crippen LogP contribution >= 0.6 is 15.9 Å². The standard InChI is InChI=1S/C12H10BrF4NO3S/c13-8-1-2-10(9(4-8)12(14,15)16)18-5-7(3-11(18)19)6-22(17,20)21/h1-2,4,7H,3,5-6H2. The van der Waals surface area contributed by atoms with Gasteiger partial charge in [0.15, 0.2) is 0 Å². The molecule has 1 atom stereocenters. The lowest BCUT2D eigenvalue weighted by molar-refractivity contribution is -0.137. The van der Waals surface area contributed by atoms with Crippen molar-refractivity contribution in [2.24, 2.45) is 5.92 Å². The first kappa shape index (κ1) is 17.2. The van der Waals surface area contributed by atoms with Crippen LogP contribution in [0.2, 0.25) is 0 Å². The molecule has 1 unspecified atom stereocenters. The fourth-order valence-electron chi connectivity index (χ4n) is 2.38. The van der Waals surface area contributed by atoms with Gasteiger partial charge in [0.25, 0.3) is 0 Å². The fraction of sp³-hybridized carbons (Fsp3) is 0.417. The topological polar surface area (TPSA) is 54.5 Å². The van der Waals surface area contributed by atoms with E-state index in [1.54, 1.807) is 0 Å². The summed E-state index contributed by atoms with van der Waals surface area (Å²) in [5.41, 5.74) is -1.38. The number of carbonyl (C=O) groups excluding carboxylic acids is 1. The summed E-state index contributed by atoms with van der Waals surface area (Å²) in [5, 5.41) is 0. The number of hydrogen-bond donors (Lipinski definition) is 0. The van der Waals surface area contributed by atoms with Gasteiger partial charge in [-0.05, 0) is 18.2 Å². The largest absolute Gasteiger partial charge is 0.418 e. The molecule has 1 fully saturated rings. The van der Waals surface area contributed by atoms with Gasteiger partial charge in [0, 0.05) is 23.4 Å². The molecule has 0 spiro atoms. The highest BCUT2D eigenvalue weighted by Crippen LogP contribution is 2.40. The molecule has 122 valence electrons. The Balaban J connectivity index is 2.35. The summed E-state index contributed by atoms with van der Waals surface area (Å²) in [7, 11) is -4.79. The Morgan fingerprint density at radius 1 is 1.32 bits per heavy atom. The van der Waals surface area contributed by atoms with E-state index >= 15 is 0 Å². The van der Waals surface area contributed by atoms with Crippen LogP contribution in [-0.2, 0) is 21.2 Å². The van der Waals surface area contributed by atoms with Crippen molar-refractivity contribution in [2.45, 2.75) is 12.6 Å². The molecule has 4 nitrogen and oxygen atoms in total. The molecule has 0 saturated carbocycles. The van der Waals surface area contributed by atoms with Gasteiger partial charge in [-0.3, -0.25) is 4.79 Å². The lowest BCUT2D eigenvalue weighted by Gasteiger charge is -2.22. The van der Waals surface area contributed by atoms with E-state index in [-0.39, 0.29) is 23.1 Å². The summed E-state index contributed by atoms with van der Waals surface area (Å²) in [6, 6.07) is 3.30. The van der Waals surface area contributed by atoms with Crippen molar-refractivity contribution in [3.63, 3.8) is 0 Å². The molecule has 1 saturated heterocycles. The summed E-state index contributed by atoms with van der Waals surface area (Å²) in [6.45, 7) is -0.271. The van der Waals surface area contributed by atoms with Crippen molar-refractivity contribution < 1.29 is 30.3 Å². The second kappa shape index (κ2) is 5.80. The van der Waals surface area contributed by atoms with Crippen molar-refractivity contribution in [1.82, 2.24) is 0 Å². The Labute approximate surface area is 132 Å². The Hall–Kier alpha value is -1.16. The fourth-order valence-corrected chi connectivity index (χ4v) is 3.53. The van der Waals surface area contributed by atoms with E-state index in [0.717, 1.165) is 17.0 Å². The molecular weight excluding hydrogens is 394 g/mol. The molecule has 0 bridgehead atoms. The molecule has 2 rings (SSSR count). The van der Waals surface area contributed by atoms with Gasteiger partial charge in [0.05, 0.1) is 17.0 Å². The molecule has 0 radical (unpaired) electrons. The van der Waals surface area contributed by atoms with Gasteiger partial charge in [0.1, 0.15) is 0 Å². The van der Waals surface area contributed by atoms with Crippen LogP contribution in [0.4, 0.5) is 22.7 Å². The van der Waals surface area contributed by atoms with Crippen molar-refractivity contribution in [2.75, 3.05) is 17.2 Å². The Morgan fingerprint density at radius 2 is 1.95 bits per heavy atom. The quantitative estimate of drug-likeness (QED) is 0.575. The van der Waals surface area contributed by atoms with Crippen molar-refractivity contribution in [3.8, 4) is 0 Å². The van der Waals surface area contributed by atoms with Gasteiger partial charge < -0.3 is 4.90 Å². The first-order valence-corrected chi connectivity index (χ1v) is 8.41. The molecule has 0 aliphatic carbocycles. The van der Waals surface area contributed by atoms with Crippen molar-refractivity contribution in [3.05, 3.63) is 28.2 Å². The number of nitrogens with zero attached hydrogens (tertiary/aromatic N) is 1. The van der Waals surface area contributed by atoms with Gasteiger partial charge >= 0.3 is 16.4 Å². The first-order chi connectivity index (χ1) is 9.97. The van der Waals surface area contributed by atoms with Gasteiger partial charge in [0.2, 0.25) is 5.91 Å². The average Bonchev–Trinajstić information content (AvgIpc) is 2.66. The highest BCUT2D eigenvalue weighted by Gasteiger charge is 2.40. The van der Waals surface area contributed by atoms with E-state index in [4.69, 9.17) is 0 Å². The van der Waals surface area contributed by atoms with Crippen molar-refractivity contribution >= 4 is 37.7 Å². The lowest BCUT2D eigenvalue weighted by Crippen LogP contribution is -2.28. The molecular formula is C12H10BrF4NO3S. The highest BCUT2D eigenvalue weighted by molar-refractivity contribution is 9.10.